The van der Waals surface area contributed by atoms with Gasteiger partial charge in [-0.05, 0) is 20.3 Å². The van der Waals surface area contributed by atoms with Crippen LogP contribution in [0.3, 0.4) is 0 Å². The van der Waals surface area contributed by atoms with Crippen LogP contribution in [0.1, 0.15) is 33.6 Å². The van der Waals surface area contributed by atoms with Gasteiger partial charge in [0.2, 0.25) is 0 Å². The summed E-state index contributed by atoms with van der Waals surface area (Å²) in [6, 6.07) is -0.127. The summed E-state index contributed by atoms with van der Waals surface area (Å²) in [5.41, 5.74) is 4.83. The van der Waals surface area contributed by atoms with E-state index in [4.69, 9.17) is 5.73 Å². The fourth-order valence-electron chi connectivity index (χ4n) is 0.734. The van der Waals surface area contributed by atoms with Crippen LogP contribution in [0.2, 0.25) is 0 Å². The molecule has 0 unspecified atom stereocenters. The van der Waals surface area contributed by atoms with E-state index in [1.54, 1.807) is 6.92 Å². The Kier molecular flexibility index (Phi) is 3.15. The van der Waals surface area contributed by atoms with Gasteiger partial charge in [-0.25, -0.2) is 0 Å². The smallest absolute Gasteiger partial charge is 0.0767 e. The summed E-state index contributed by atoms with van der Waals surface area (Å²) in [5, 5.41) is 9.47. The maximum atomic E-state index is 9.47. The zero-order chi connectivity index (χ0) is 7.49. The summed E-state index contributed by atoms with van der Waals surface area (Å²) in [5.74, 6) is 0. The Morgan fingerprint density at radius 2 is 2.11 bits per heavy atom. The van der Waals surface area contributed by atoms with Crippen molar-refractivity contribution in [2.75, 3.05) is 0 Å². The van der Waals surface area contributed by atoms with Crippen molar-refractivity contribution in [1.29, 1.82) is 0 Å². The van der Waals surface area contributed by atoms with Gasteiger partial charge in [0.05, 0.1) is 5.60 Å². The minimum atomic E-state index is -0.672. The number of aliphatic hydroxyl groups is 1. The molecule has 2 nitrogen and oxygen atoms in total. The molecule has 2 heteroatoms. The molecule has 0 bridgehead atoms. The quantitative estimate of drug-likeness (QED) is 0.597. The van der Waals surface area contributed by atoms with Crippen molar-refractivity contribution < 1.29 is 5.11 Å². The van der Waals surface area contributed by atoms with Gasteiger partial charge in [-0.2, -0.15) is 0 Å². The second-order valence-electron chi connectivity index (χ2n) is 2.90. The molecule has 0 spiro atoms. The largest absolute Gasteiger partial charge is 0.389 e. The second kappa shape index (κ2) is 3.18. The summed E-state index contributed by atoms with van der Waals surface area (Å²) in [6.07, 6.45) is 1.76. The molecule has 2 atom stereocenters. The van der Waals surface area contributed by atoms with Gasteiger partial charge in [-0.15, -0.1) is 0 Å². The maximum Gasteiger partial charge on any atom is 0.0767 e. The number of hydrogen-bond donors (Lipinski definition) is 2. The van der Waals surface area contributed by atoms with Crippen molar-refractivity contribution in [2.24, 2.45) is 5.73 Å². The molecule has 0 heterocycles. The van der Waals surface area contributed by atoms with Gasteiger partial charge in [-0.3, -0.25) is 0 Å². The Morgan fingerprint density at radius 1 is 1.67 bits per heavy atom. The first kappa shape index (κ1) is 8.92. The minimum Gasteiger partial charge on any atom is -0.389 e. The van der Waals surface area contributed by atoms with Gasteiger partial charge in [0.1, 0.15) is 0 Å². The monoisotopic (exact) mass is 131 g/mol. The third kappa shape index (κ3) is 2.82. The highest BCUT2D eigenvalue weighted by Gasteiger charge is 2.23. The van der Waals surface area contributed by atoms with E-state index in [9.17, 15) is 5.11 Å². The van der Waals surface area contributed by atoms with E-state index in [0.29, 0.717) is 0 Å². The highest BCUT2D eigenvalue weighted by atomic mass is 16.3. The minimum absolute atomic E-state index is 0.127. The lowest BCUT2D eigenvalue weighted by Gasteiger charge is -2.26. The molecule has 0 saturated carbocycles. The standard InChI is InChI=1S/C7H17NO/c1-4-5-7(3,9)6(2)8/h6,9H,4-5,8H2,1-3H3/t6-,7-/m1/s1. The first-order valence-electron chi connectivity index (χ1n) is 3.48. The third-order valence-corrected chi connectivity index (χ3v) is 1.74. The van der Waals surface area contributed by atoms with Crippen LogP contribution in [0.4, 0.5) is 0 Å². The normalized spacial score (nSPS) is 21.0. The summed E-state index contributed by atoms with van der Waals surface area (Å²) in [7, 11) is 0. The van der Waals surface area contributed by atoms with Crippen LogP contribution >= 0.6 is 0 Å². The van der Waals surface area contributed by atoms with Gasteiger partial charge in [0, 0.05) is 6.04 Å². The van der Waals surface area contributed by atoms with E-state index < -0.39 is 5.60 Å². The van der Waals surface area contributed by atoms with E-state index in [1.165, 1.54) is 0 Å². The predicted octanol–water partition coefficient (Wildman–Crippen LogP) is 0.885. The fourth-order valence-corrected chi connectivity index (χ4v) is 0.734. The zero-order valence-corrected chi connectivity index (χ0v) is 6.52. The molecule has 0 aliphatic rings. The molecule has 0 aromatic heterocycles. The molecule has 3 N–H and O–H groups in total. The molecule has 0 aromatic carbocycles. The summed E-state index contributed by atoms with van der Waals surface area (Å²) in [4.78, 5) is 0. The molecular formula is C7H17NO. The lowest BCUT2D eigenvalue weighted by molar-refractivity contribution is 0.0292. The van der Waals surface area contributed by atoms with Crippen LogP contribution in [0.25, 0.3) is 0 Å². The van der Waals surface area contributed by atoms with Crippen molar-refractivity contribution >= 4 is 0 Å². The summed E-state index contributed by atoms with van der Waals surface area (Å²) >= 11 is 0. The molecule has 56 valence electrons. The summed E-state index contributed by atoms with van der Waals surface area (Å²) in [6.45, 7) is 5.65. The van der Waals surface area contributed by atoms with E-state index >= 15 is 0 Å². The molecule has 0 radical (unpaired) electrons. The van der Waals surface area contributed by atoms with Crippen molar-refractivity contribution in [1.82, 2.24) is 0 Å². The van der Waals surface area contributed by atoms with Crippen LogP contribution in [-0.4, -0.2) is 16.7 Å². The highest BCUT2D eigenvalue weighted by Crippen LogP contribution is 2.14. The highest BCUT2D eigenvalue weighted by molar-refractivity contribution is 4.80. The lowest BCUT2D eigenvalue weighted by Crippen LogP contribution is -2.43. The molecule has 0 rings (SSSR count). The molecule has 0 aromatic rings. The first-order chi connectivity index (χ1) is 4.00. The van der Waals surface area contributed by atoms with Crippen LogP contribution in [0.5, 0.6) is 0 Å². The van der Waals surface area contributed by atoms with E-state index in [-0.39, 0.29) is 6.04 Å². The molecule has 0 aliphatic heterocycles. The Labute approximate surface area is 57.1 Å². The van der Waals surface area contributed by atoms with Crippen molar-refractivity contribution in [3.05, 3.63) is 0 Å². The van der Waals surface area contributed by atoms with Crippen LogP contribution in [0, 0.1) is 0 Å². The Balaban J connectivity index is 3.70. The van der Waals surface area contributed by atoms with Crippen LogP contribution in [-0.2, 0) is 0 Å². The van der Waals surface area contributed by atoms with Crippen molar-refractivity contribution in [3.8, 4) is 0 Å². The average Bonchev–Trinajstić information content (AvgIpc) is 1.65. The number of rotatable bonds is 3. The van der Waals surface area contributed by atoms with Crippen LogP contribution < -0.4 is 5.73 Å². The van der Waals surface area contributed by atoms with E-state index in [0.717, 1.165) is 12.8 Å². The Bertz CT molecular complexity index is 79.0. The topological polar surface area (TPSA) is 46.2 Å². The van der Waals surface area contributed by atoms with Gasteiger partial charge in [-0.1, -0.05) is 13.3 Å². The first-order valence-corrected chi connectivity index (χ1v) is 3.48. The van der Waals surface area contributed by atoms with Crippen LogP contribution in [0.15, 0.2) is 0 Å². The Morgan fingerprint density at radius 3 is 2.22 bits per heavy atom. The lowest BCUT2D eigenvalue weighted by atomic mass is 9.94. The van der Waals surface area contributed by atoms with Gasteiger partial charge >= 0.3 is 0 Å². The second-order valence-corrected chi connectivity index (χ2v) is 2.90. The molecule has 0 fully saturated rings. The van der Waals surface area contributed by atoms with Crippen molar-refractivity contribution in [3.63, 3.8) is 0 Å². The maximum absolute atomic E-state index is 9.47. The van der Waals surface area contributed by atoms with Crippen molar-refractivity contribution in [2.45, 2.75) is 45.3 Å². The average molecular weight is 131 g/mol. The molecular weight excluding hydrogens is 114 g/mol. The van der Waals surface area contributed by atoms with Gasteiger partial charge in [0.25, 0.3) is 0 Å². The number of hydrogen-bond acceptors (Lipinski definition) is 2. The van der Waals surface area contributed by atoms with E-state index in [2.05, 4.69) is 0 Å². The predicted molar refractivity (Wildman–Crippen MR) is 39.2 cm³/mol. The Hall–Kier alpha value is -0.0800. The van der Waals surface area contributed by atoms with Gasteiger partial charge < -0.3 is 10.8 Å². The third-order valence-electron chi connectivity index (χ3n) is 1.74. The molecule has 0 amide bonds. The van der Waals surface area contributed by atoms with E-state index in [1.807, 2.05) is 13.8 Å². The number of nitrogens with two attached hydrogens (primary N) is 1. The van der Waals surface area contributed by atoms with Gasteiger partial charge in [0.15, 0.2) is 0 Å². The zero-order valence-electron chi connectivity index (χ0n) is 6.52. The molecule has 0 aliphatic carbocycles. The molecule has 0 saturated heterocycles. The summed E-state index contributed by atoms with van der Waals surface area (Å²) < 4.78 is 0. The molecule has 9 heavy (non-hydrogen) atoms. The fraction of sp³-hybridized carbons (Fsp3) is 1.00. The SMILES string of the molecule is CCC[C@@](C)(O)[C@@H](C)N.